The van der Waals surface area contributed by atoms with Gasteiger partial charge in [0.15, 0.2) is 6.10 Å². The van der Waals surface area contributed by atoms with Crippen molar-refractivity contribution >= 4 is 17.9 Å². The van der Waals surface area contributed by atoms with Gasteiger partial charge in [0.25, 0.3) is 6.29 Å². The maximum absolute atomic E-state index is 13.0. The minimum atomic E-state index is -1.51. The van der Waals surface area contributed by atoms with E-state index in [0.29, 0.717) is 17.4 Å². The first kappa shape index (κ1) is 87.7. The highest BCUT2D eigenvalue weighted by Crippen LogP contribution is 2.19. The molecule has 530 valence electrons. The zero-order valence-corrected chi connectivity index (χ0v) is 60.8. The quantitative estimate of drug-likeness (QED) is 0.0211. The molecule has 0 bridgehead atoms. The van der Waals surface area contributed by atoms with Gasteiger partial charge in [-0.25, -0.2) is 4.79 Å². The van der Waals surface area contributed by atoms with E-state index in [1.54, 1.807) is 0 Å². The van der Waals surface area contributed by atoms with Crippen molar-refractivity contribution in [3.63, 3.8) is 0 Å². The van der Waals surface area contributed by atoms with Crippen LogP contribution in [0.25, 0.3) is 0 Å². The smallest absolute Gasteiger partial charge is 0.361 e. The highest BCUT2D eigenvalue weighted by atomic mass is 16.7. The summed E-state index contributed by atoms with van der Waals surface area (Å²) in [4.78, 5) is 37.7. The fourth-order valence-electron chi connectivity index (χ4n) is 11.4. The number of ether oxygens (including phenoxy) is 4. The average Bonchev–Trinajstić information content (AvgIpc) is 3.46. The minimum Gasteiger partial charge on any atom is -0.477 e. The number of hydrogen-bond donors (Lipinski definition) is 1. The molecule has 0 spiro atoms. The van der Waals surface area contributed by atoms with Crippen LogP contribution in [0.15, 0.2) is 72.9 Å². The largest absolute Gasteiger partial charge is 0.477 e. The summed E-state index contributed by atoms with van der Waals surface area (Å²) < 4.78 is 23.0. The fraction of sp³-hybridized carbons (Fsp3) is 0.817. The van der Waals surface area contributed by atoms with Crippen LogP contribution in [-0.4, -0.2) is 87.4 Å². The SMILES string of the molecule is CCCCCCC/C=C\C/C=C\C/C=C\CCCCCCCCCCCCCCCCCCCCCCCCCCC(=O)OC(COC(=O)CCCCCCCCCCCCCC/C=C\C/C=C\C/C=C\CCCCCCC)COC(OCC[N+](C)(C)C)C(=O)O. The van der Waals surface area contributed by atoms with Crippen LogP contribution in [0.2, 0.25) is 0 Å². The summed E-state index contributed by atoms with van der Waals surface area (Å²) in [6.07, 6.45) is 94.8. The van der Waals surface area contributed by atoms with E-state index < -0.39 is 18.4 Å². The lowest BCUT2D eigenvalue weighted by atomic mass is 10.0. The number of carbonyl (C=O) groups is 3. The van der Waals surface area contributed by atoms with Crippen molar-refractivity contribution in [2.24, 2.45) is 0 Å². The van der Waals surface area contributed by atoms with Crippen LogP contribution < -0.4 is 0 Å². The lowest BCUT2D eigenvalue weighted by molar-refractivity contribution is -0.870. The van der Waals surface area contributed by atoms with Gasteiger partial charge in [0.1, 0.15) is 13.2 Å². The van der Waals surface area contributed by atoms with E-state index in [1.165, 1.54) is 283 Å². The van der Waals surface area contributed by atoms with E-state index in [-0.39, 0.29) is 38.2 Å². The van der Waals surface area contributed by atoms with Crippen molar-refractivity contribution in [3.8, 4) is 0 Å². The summed E-state index contributed by atoms with van der Waals surface area (Å²) in [6, 6.07) is 0. The van der Waals surface area contributed by atoms with Gasteiger partial charge in [-0.15, -0.1) is 0 Å². The maximum Gasteiger partial charge on any atom is 0.361 e. The second kappa shape index (κ2) is 72.6. The molecule has 0 saturated carbocycles. The van der Waals surface area contributed by atoms with Gasteiger partial charge in [-0.1, -0.05) is 344 Å². The predicted octanol–water partition coefficient (Wildman–Crippen LogP) is 24.8. The number of hydrogen-bond acceptors (Lipinski definition) is 7. The number of carboxylic acid groups (broad SMARTS) is 1. The normalized spacial score (nSPS) is 13.0. The highest BCUT2D eigenvalue weighted by Gasteiger charge is 2.25. The van der Waals surface area contributed by atoms with E-state index in [0.717, 1.165) is 64.2 Å². The Morgan fingerprint density at radius 2 is 0.593 bits per heavy atom. The molecule has 9 heteroatoms. The number of nitrogens with zero attached hydrogens (tertiary/aromatic N) is 1. The molecule has 0 rings (SSSR count). The number of aliphatic carboxylic acids is 1. The molecule has 0 aromatic heterocycles. The molecule has 91 heavy (non-hydrogen) atoms. The van der Waals surface area contributed by atoms with Gasteiger partial charge in [-0.05, 0) is 89.9 Å². The van der Waals surface area contributed by atoms with E-state index in [1.807, 2.05) is 21.1 Å². The minimum absolute atomic E-state index is 0.181. The van der Waals surface area contributed by atoms with Crippen LogP contribution in [0.4, 0.5) is 0 Å². The standard InChI is InChI=1S/C82H149NO8/c1-6-8-10-12-14-16-18-20-22-24-26-28-30-32-34-35-36-37-38-39-40-41-42-43-44-45-47-49-51-53-55-57-59-61-63-65-67-69-71-73-80(85)91-78(77-90-82(81(86)87)88-75-74-83(3,4)5)76-89-79(84)72-70-68-66-64-62-60-58-56-54-52-50-48-46-33-31-29-27-25-23-21-19-17-15-13-11-9-7-2/h18-21,24-27,30-33,78,82H,6-17,22-23,28-29,34-77H2,1-5H3/p+1/b20-18-,21-19-,26-24-,27-25-,32-30-,33-31-. The molecule has 0 aromatic carbocycles. The maximum atomic E-state index is 13.0. The van der Waals surface area contributed by atoms with Crippen molar-refractivity contribution in [3.05, 3.63) is 72.9 Å². The van der Waals surface area contributed by atoms with Gasteiger partial charge < -0.3 is 28.5 Å². The average molecular weight is 1280 g/mol. The summed E-state index contributed by atoms with van der Waals surface area (Å²) in [6.45, 7) is 4.90. The van der Waals surface area contributed by atoms with Crippen molar-refractivity contribution in [2.45, 2.75) is 386 Å². The third-order valence-corrected chi connectivity index (χ3v) is 17.4. The zero-order valence-electron chi connectivity index (χ0n) is 60.8. The molecular formula is C82H150NO8+. The third kappa shape index (κ3) is 74.0. The fourth-order valence-corrected chi connectivity index (χ4v) is 11.4. The molecule has 0 aliphatic heterocycles. The van der Waals surface area contributed by atoms with Crippen LogP contribution in [0.5, 0.6) is 0 Å². The molecule has 0 amide bonds. The lowest BCUT2D eigenvalue weighted by Crippen LogP contribution is -2.40. The van der Waals surface area contributed by atoms with Gasteiger partial charge in [-0.3, -0.25) is 9.59 Å². The molecule has 0 saturated heterocycles. The monoisotopic (exact) mass is 1280 g/mol. The molecule has 2 unspecified atom stereocenters. The van der Waals surface area contributed by atoms with Gasteiger partial charge in [0, 0.05) is 12.8 Å². The number of quaternary nitrogens is 1. The second-order valence-electron chi connectivity index (χ2n) is 27.7. The van der Waals surface area contributed by atoms with E-state index in [9.17, 15) is 19.5 Å². The first-order valence-electron chi connectivity index (χ1n) is 39.1. The van der Waals surface area contributed by atoms with Crippen molar-refractivity contribution in [1.29, 1.82) is 0 Å². The number of likely N-dealkylation sites (N-methyl/N-ethyl adjacent to an activating group) is 1. The Bertz CT molecular complexity index is 1730. The summed E-state index contributed by atoms with van der Waals surface area (Å²) in [5.74, 6) is -1.99. The van der Waals surface area contributed by atoms with Crippen LogP contribution in [0, 0.1) is 0 Å². The molecule has 0 aliphatic carbocycles. The molecule has 9 nitrogen and oxygen atoms in total. The second-order valence-corrected chi connectivity index (χ2v) is 27.7. The summed E-state index contributed by atoms with van der Waals surface area (Å²) >= 11 is 0. The van der Waals surface area contributed by atoms with Crippen LogP contribution >= 0.6 is 0 Å². The van der Waals surface area contributed by atoms with Gasteiger partial charge in [0.2, 0.25) is 0 Å². The van der Waals surface area contributed by atoms with Crippen LogP contribution in [-0.2, 0) is 33.3 Å². The Morgan fingerprint density at radius 1 is 0.330 bits per heavy atom. The molecule has 0 aromatic rings. The van der Waals surface area contributed by atoms with Crippen molar-refractivity contribution < 1.29 is 42.9 Å². The van der Waals surface area contributed by atoms with E-state index in [4.69, 9.17) is 18.9 Å². The topological polar surface area (TPSA) is 108 Å². The van der Waals surface area contributed by atoms with Crippen LogP contribution in [0.1, 0.15) is 373 Å². The number of unbranched alkanes of at least 4 members (excludes halogenated alkanes) is 46. The molecule has 0 fully saturated rings. The van der Waals surface area contributed by atoms with E-state index in [2.05, 4.69) is 86.8 Å². The number of esters is 2. The Morgan fingerprint density at radius 3 is 0.879 bits per heavy atom. The number of carboxylic acids is 1. The zero-order chi connectivity index (χ0) is 66.1. The molecule has 0 aliphatic rings. The Labute approximate surface area is 564 Å². The van der Waals surface area contributed by atoms with Gasteiger partial charge >= 0.3 is 17.9 Å². The summed E-state index contributed by atoms with van der Waals surface area (Å²) in [5.41, 5.74) is 0. The molecular weight excluding hydrogens is 1130 g/mol. The molecule has 1 N–H and O–H groups in total. The van der Waals surface area contributed by atoms with Gasteiger partial charge in [0.05, 0.1) is 34.4 Å². The first-order chi connectivity index (χ1) is 44.6. The van der Waals surface area contributed by atoms with Crippen LogP contribution in [0.3, 0.4) is 0 Å². The predicted molar refractivity (Wildman–Crippen MR) is 392 cm³/mol. The Kier molecular flexibility index (Phi) is 69.9. The number of allylic oxidation sites excluding steroid dienone is 12. The molecule has 0 heterocycles. The molecule has 2 atom stereocenters. The number of rotatable bonds is 73. The summed E-state index contributed by atoms with van der Waals surface area (Å²) in [7, 11) is 5.99. The summed E-state index contributed by atoms with van der Waals surface area (Å²) in [5, 5.41) is 9.77. The first-order valence-corrected chi connectivity index (χ1v) is 39.1. The van der Waals surface area contributed by atoms with E-state index >= 15 is 0 Å². The lowest BCUT2D eigenvalue weighted by Gasteiger charge is -2.25. The molecule has 0 radical (unpaired) electrons. The van der Waals surface area contributed by atoms with Gasteiger partial charge in [-0.2, -0.15) is 0 Å². The highest BCUT2D eigenvalue weighted by molar-refractivity contribution is 5.71. The third-order valence-electron chi connectivity index (χ3n) is 17.4. The number of carbonyl (C=O) groups excluding carboxylic acids is 2. The van der Waals surface area contributed by atoms with Crippen molar-refractivity contribution in [2.75, 3.05) is 47.5 Å². The Hall–Kier alpha value is -3.27. The Balaban J connectivity index is 4.00. The van der Waals surface area contributed by atoms with Crippen molar-refractivity contribution in [1.82, 2.24) is 0 Å².